The zero-order valence-electron chi connectivity index (χ0n) is 13.7. The summed E-state index contributed by atoms with van der Waals surface area (Å²) >= 11 is 0. The lowest BCUT2D eigenvalue weighted by atomic mass is 10.3. The van der Waals surface area contributed by atoms with Gasteiger partial charge in [-0.3, -0.25) is 9.69 Å². The normalized spacial score (nSPS) is 11.0. The number of carbonyl (C=O) groups is 1. The molecule has 8 heteroatoms. The molecule has 2 heterocycles. The minimum absolute atomic E-state index is 0.126. The average Bonchev–Trinajstić information content (AvgIpc) is 2.94. The Balaban J connectivity index is 1.93. The van der Waals surface area contributed by atoms with Gasteiger partial charge < -0.3 is 14.6 Å². The lowest BCUT2D eigenvalue weighted by Crippen LogP contribution is -2.27. The highest BCUT2D eigenvalue weighted by Crippen LogP contribution is 2.09. The van der Waals surface area contributed by atoms with Crippen LogP contribution in [0.15, 0.2) is 24.8 Å². The number of anilines is 1. The van der Waals surface area contributed by atoms with E-state index in [1.165, 1.54) is 4.90 Å². The van der Waals surface area contributed by atoms with Crippen LogP contribution < -0.4 is 4.90 Å². The van der Waals surface area contributed by atoms with Gasteiger partial charge in [-0.1, -0.05) is 0 Å². The van der Waals surface area contributed by atoms with Gasteiger partial charge in [0.2, 0.25) is 5.95 Å². The summed E-state index contributed by atoms with van der Waals surface area (Å²) in [5.74, 6) is 0.514. The minimum atomic E-state index is -0.911. The highest BCUT2D eigenvalue weighted by Gasteiger charge is 2.10. The lowest BCUT2D eigenvalue weighted by Gasteiger charge is -2.18. The van der Waals surface area contributed by atoms with E-state index in [-0.39, 0.29) is 6.54 Å². The Hall–Kier alpha value is -2.48. The van der Waals surface area contributed by atoms with Gasteiger partial charge >= 0.3 is 5.97 Å². The third-order valence-corrected chi connectivity index (χ3v) is 3.41. The van der Waals surface area contributed by atoms with Gasteiger partial charge in [-0.25, -0.2) is 15.0 Å². The van der Waals surface area contributed by atoms with Crippen LogP contribution in [-0.4, -0.2) is 56.1 Å². The summed E-state index contributed by atoms with van der Waals surface area (Å²) < 4.78 is 2.11. The molecule has 0 saturated carbocycles. The molecule has 0 amide bonds. The molecule has 8 nitrogen and oxygen atoms in total. The van der Waals surface area contributed by atoms with Gasteiger partial charge in [0.15, 0.2) is 0 Å². The predicted molar refractivity (Wildman–Crippen MR) is 86.0 cm³/mol. The third-order valence-electron chi connectivity index (χ3n) is 3.41. The molecule has 0 bridgehead atoms. The Morgan fingerprint density at radius 3 is 2.52 bits per heavy atom. The Kier molecular flexibility index (Phi) is 5.64. The first-order valence-electron chi connectivity index (χ1n) is 7.42. The summed E-state index contributed by atoms with van der Waals surface area (Å²) in [7, 11) is 3.67. The second-order valence-corrected chi connectivity index (χ2v) is 5.44. The van der Waals surface area contributed by atoms with Crippen molar-refractivity contribution in [2.45, 2.75) is 26.6 Å². The van der Waals surface area contributed by atoms with E-state index in [9.17, 15) is 4.79 Å². The van der Waals surface area contributed by atoms with E-state index < -0.39 is 5.97 Å². The Morgan fingerprint density at radius 2 is 1.91 bits per heavy atom. The van der Waals surface area contributed by atoms with E-state index in [0.29, 0.717) is 12.5 Å². The van der Waals surface area contributed by atoms with Crippen LogP contribution in [0.4, 0.5) is 5.95 Å². The standard InChI is InChI=1S/C15H22N6O2/c1-4-21-6-5-16-13(21)10-19(2)9-12-7-17-15(18-8-12)20(3)11-14(22)23/h5-8H,4,9-11H2,1-3H3,(H,22,23). The zero-order valence-corrected chi connectivity index (χ0v) is 13.7. The lowest BCUT2D eigenvalue weighted by molar-refractivity contribution is -0.135. The van der Waals surface area contributed by atoms with E-state index >= 15 is 0 Å². The van der Waals surface area contributed by atoms with E-state index in [0.717, 1.165) is 24.5 Å². The molecule has 0 aliphatic carbocycles. The molecule has 1 N–H and O–H groups in total. The van der Waals surface area contributed by atoms with Crippen LogP contribution in [0.25, 0.3) is 0 Å². The molecular weight excluding hydrogens is 296 g/mol. The average molecular weight is 318 g/mol. The van der Waals surface area contributed by atoms with Gasteiger partial charge in [-0.15, -0.1) is 0 Å². The number of rotatable bonds is 8. The monoisotopic (exact) mass is 318 g/mol. The van der Waals surface area contributed by atoms with Crippen molar-refractivity contribution in [1.82, 2.24) is 24.4 Å². The number of aliphatic carboxylic acids is 1. The van der Waals surface area contributed by atoms with E-state index in [4.69, 9.17) is 5.11 Å². The maximum Gasteiger partial charge on any atom is 0.323 e. The molecule has 0 spiro atoms. The maximum absolute atomic E-state index is 10.7. The molecule has 2 aromatic rings. The second-order valence-electron chi connectivity index (χ2n) is 5.44. The van der Waals surface area contributed by atoms with E-state index in [2.05, 4.69) is 31.3 Å². The number of carboxylic acid groups (broad SMARTS) is 1. The molecule has 0 aliphatic heterocycles. The molecule has 0 unspecified atom stereocenters. The van der Waals surface area contributed by atoms with Gasteiger partial charge in [0.25, 0.3) is 0 Å². The topological polar surface area (TPSA) is 87.4 Å². The molecule has 0 atom stereocenters. The van der Waals surface area contributed by atoms with Gasteiger partial charge in [0.05, 0.1) is 6.54 Å². The van der Waals surface area contributed by atoms with Crippen molar-refractivity contribution < 1.29 is 9.90 Å². The SMILES string of the molecule is CCn1ccnc1CN(C)Cc1cnc(N(C)CC(=O)O)nc1. The van der Waals surface area contributed by atoms with Crippen molar-refractivity contribution in [3.63, 3.8) is 0 Å². The van der Waals surface area contributed by atoms with Crippen LogP contribution >= 0.6 is 0 Å². The van der Waals surface area contributed by atoms with Crippen LogP contribution in [0.1, 0.15) is 18.3 Å². The van der Waals surface area contributed by atoms with Crippen LogP contribution in [0.5, 0.6) is 0 Å². The van der Waals surface area contributed by atoms with Gasteiger partial charge in [0.1, 0.15) is 12.4 Å². The van der Waals surface area contributed by atoms with Crippen LogP contribution in [0.2, 0.25) is 0 Å². The van der Waals surface area contributed by atoms with E-state index in [1.807, 2.05) is 19.4 Å². The number of imidazole rings is 1. The predicted octanol–water partition coefficient (Wildman–Crippen LogP) is 0.846. The first-order valence-corrected chi connectivity index (χ1v) is 7.42. The molecule has 0 aromatic carbocycles. The molecule has 2 aromatic heterocycles. The molecule has 0 aliphatic rings. The Morgan fingerprint density at radius 1 is 1.22 bits per heavy atom. The van der Waals surface area contributed by atoms with Crippen LogP contribution in [0.3, 0.4) is 0 Å². The summed E-state index contributed by atoms with van der Waals surface area (Å²) in [5.41, 5.74) is 0.967. The summed E-state index contributed by atoms with van der Waals surface area (Å²) in [6, 6.07) is 0. The summed E-state index contributed by atoms with van der Waals surface area (Å²) in [5, 5.41) is 8.77. The quantitative estimate of drug-likeness (QED) is 0.772. The number of hydrogen-bond donors (Lipinski definition) is 1. The first kappa shape index (κ1) is 16.9. The molecule has 23 heavy (non-hydrogen) atoms. The van der Waals surface area contributed by atoms with Crippen molar-refractivity contribution in [2.75, 3.05) is 25.5 Å². The highest BCUT2D eigenvalue weighted by atomic mass is 16.4. The Bertz CT molecular complexity index is 640. The van der Waals surface area contributed by atoms with Crippen molar-refractivity contribution in [2.24, 2.45) is 0 Å². The fourth-order valence-electron chi connectivity index (χ4n) is 2.29. The van der Waals surface area contributed by atoms with Crippen molar-refractivity contribution in [3.05, 3.63) is 36.2 Å². The largest absolute Gasteiger partial charge is 0.480 e. The van der Waals surface area contributed by atoms with Gasteiger partial charge in [-0.2, -0.15) is 0 Å². The summed E-state index contributed by atoms with van der Waals surface area (Å²) in [6.07, 6.45) is 7.23. The summed E-state index contributed by atoms with van der Waals surface area (Å²) in [4.78, 5) is 27.1. The Labute approximate surface area is 135 Å². The van der Waals surface area contributed by atoms with Gasteiger partial charge in [0, 0.05) is 50.5 Å². The fourth-order valence-corrected chi connectivity index (χ4v) is 2.29. The molecule has 0 saturated heterocycles. The maximum atomic E-state index is 10.7. The molecular formula is C15H22N6O2. The highest BCUT2D eigenvalue weighted by molar-refractivity contribution is 5.72. The first-order chi connectivity index (χ1) is 11.0. The molecule has 0 fully saturated rings. The van der Waals surface area contributed by atoms with Crippen molar-refractivity contribution in [1.29, 1.82) is 0 Å². The zero-order chi connectivity index (χ0) is 16.8. The number of hydrogen-bond acceptors (Lipinski definition) is 6. The van der Waals surface area contributed by atoms with Crippen LogP contribution in [-0.2, 0) is 24.4 Å². The minimum Gasteiger partial charge on any atom is -0.480 e. The molecule has 0 radical (unpaired) electrons. The molecule has 2 rings (SSSR count). The van der Waals surface area contributed by atoms with Crippen molar-refractivity contribution in [3.8, 4) is 0 Å². The van der Waals surface area contributed by atoms with E-state index in [1.54, 1.807) is 19.4 Å². The number of carboxylic acids is 1. The second kappa shape index (κ2) is 7.68. The number of aromatic nitrogens is 4. The van der Waals surface area contributed by atoms with Crippen LogP contribution in [0, 0.1) is 0 Å². The smallest absolute Gasteiger partial charge is 0.323 e. The number of likely N-dealkylation sites (N-methyl/N-ethyl adjacent to an activating group) is 1. The third kappa shape index (κ3) is 4.75. The molecule has 124 valence electrons. The fraction of sp³-hybridized carbons (Fsp3) is 0.467. The number of aryl methyl sites for hydroxylation is 1. The van der Waals surface area contributed by atoms with Gasteiger partial charge in [-0.05, 0) is 14.0 Å². The van der Waals surface area contributed by atoms with Crippen molar-refractivity contribution >= 4 is 11.9 Å². The summed E-state index contributed by atoms with van der Waals surface area (Å²) in [6.45, 7) is 4.29. The number of nitrogens with zero attached hydrogens (tertiary/aromatic N) is 6.